The number of ether oxygens (including phenoxy) is 1. The molecule has 4 atom stereocenters. The van der Waals surface area contributed by atoms with Crippen molar-refractivity contribution in [3.8, 4) is 0 Å². The lowest BCUT2D eigenvalue weighted by Crippen LogP contribution is -2.54. The van der Waals surface area contributed by atoms with Crippen molar-refractivity contribution >= 4 is 5.91 Å². The van der Waals surface area contributed by atoms with Gasteiger partial charge in [-0.1, -0.05) is 0 Å². The van der Waals surface area contributed by atoms with Gasteiger partial charge in [-0.2, -0.15) is 0 Å². The van der Waals surface area contributed by atoms with Crippen LogP contribution in [-0.4, -0.2) is 40.7 Å². The first kappa shape index (κ1) is 10.4. The lowest BCUT2D eigenvalue weighted by Gasteiger charge is -2.35. The van der Waals surface area contributed by atoms with Crippen LogP contribution in [-0.2, 0) is 9.53 Å². The van der Waals surface area contributed by atoms with Crippen molar-refractivity contribution in [1.82, 2.24) is 5.32 Å². The van der Waals surface area contributed by atoms with Crippen molar-refractivity contribution in [1.29, 1.82) is 0 Å². The normalized spacial score (nSPS) is 40.0. The van der Waals surface area contributed by atoms with Gasteiger partial charge in [-0.15, -0.1) is 0 Å². The summed E-state index contributed by atoms with van der Waals surface area (Å²) in [5, 5.41) is 21.3. The van der Waals surface area contributed by atoms with Crippen LogP contribution in [0.3, 0.4) is 0 Å². The molecule has 0 spiro atoms. The first-order valence-electron chi connectivity index (χ1n) is 4.29. The fourth-order valence-corrected chi connectivity index (χ4v) is 1.47. The Hall–Kier alpha value is -0.650. The van der Waals surface area contributed by atoms with Crippen LogP contribution in [0.2, 0.25) is 0 Å². The van der Waals surface area contributed by atoms with Crippen LogP contribution >= 0.6 is 0 Å². The molecule has 3 N–H and O–H groups in total. The summed E-state index contributed by atoms with van der Waals surface area (Å²) >= 11 is 0. The molecule has 1 amide bonds. The molecule has 1 aliphatic rings. The van der Waals surface area contributed by atoms with Gasteiger partial charge in [0.05, 0.1) is 12.1 Å². The number of carbonyl (C=O) groups is 1. The van der Waals surface area contributed by atoms with Gasteiger partial charge in [0.25, 0.3) is 0 Å². The van der Waals surface area contributed by atoms with Gasteiger partial charge in [-0.25, -0.2) is 0 Å². The molecule has 0 aromatic rings. The topological polar surface area (TPSA) is 78.8 Å². The highest BCUT2D eigenvalue weighted by Gasteiger charge is 2.34. The Balaban J connectivity index is 2.55. The van der Waals surface area contributed by atoms with Crippen LogP contribution < -0.4 is 5.32 Å². The summed E-state index contributed by atoms with van der Waals surface area (Å²) < 4.78 is 4.96. The first-order chi connectivity index (χ1) is 6.00. The summed E-state index contributed by atoms with van der Waals surface area (Å²) in [7, 11) is 0. The number of amides is 1. The van der Waals surface area contributed by atoms with E-state index in [4.69, 9.17) is 4.74 Å². The summed E-state index contributed by atoms with van der Waals surface area (Å²) in [6, 6.07) is -0.420. The van der Waals surface area contributed by atoms with Gasteiger partial charge in [0.2, 0.25) is 5.91 Å². The zero-order chi connectivity index (χ0) is 10.0. The second-order valence-electron chi connectivity index (χ2n) is 3.33. The molecular formula is C8H15NO4. The molecule has 1 saturated heterocycles. The van der Waals surface area contributed by atoms with E-state index in [0.29, 0.717) is 0 Å². The third kappa shape index (κ3) is 2.65. The molecule has 5 nitrogen and oxygen atoms in total. The SMILES string of the molecule is CC(=O)N[C@H]1CC(O)O[C@H](C)[C@H]1O. The van der Waals surface area contributed by atoms with Crippen LogP contribution in [0.15, 0.2) is 0 Å². The Morgan fingerprint density at radius 2 is 2.15 bits per heavy atom. The lowest BCUT2D eigenvalue weighted by molar-refractivity contribution is -0.202. The second kappa shape index (κ2) is 4.04. The monoisotopic (exact) mass is 189 g/mol. The summed E-state index contributed by atoms with van der Waals surface area (Å²) in [5.41, 5.74) is 0. The Morgan fingerprint density at radius 3 is 2.69 bits per heavy atom. The molecule has 1 heterocycles. The molecule has 0 aliphatic carbocycles. The average molecular weight is 189 g/mol. The molecule has 1 aliphatic heterocycles. The Labute approximate surface area is 76.7 Å². The summed E-state index contributed by atoms with van der Waals surface area (Å²) in [4.78, 5) is 10.7. The third-order valence-corrected chi connectivity index (χ3v) is 2.11. The fourth-order valence-electron chi connectivity index (χ4n) is 1.47. The van der Waals surface area contributed by atoms with Crippen LogP contribution in [0, 0.1) is 0 Å². The van der Waals surface area contributed by atoms with Gasteiger partial charge in [-0.05, 0) is 6.92 Å². The van der Waals surface area contributed by atoms with E-state index in [-0.39, 0.29) is 12.3 Å². The summed E-state index contributed by atoms with van der Waals surface area (Å²) in [6.07, 6.45) is -1.89. The second-order valence-corrected chi connectivity index (χ2v) is 3.33. The van der Waals surface area contributed by atoms with Crippen molar-refractivity contribution in [3.63, 3.8) is 0 Å². The van der Waals surface area contributed by atoms with Gasteiger partial charge < -0.3 is 20.3 Å². The molecule has 1 rings (SSSR count). The van der Waals surface area contributed by atoms with Gasteiger partial charge >= 0.3 is 0 Å². The number of aliphatic hydroxyl groups is 2. The average Bonchev–Trinajstić information content (AvgIpc) is 1.98. The molecule has 0 aromatic heterocycles. The highest BCUT2D eigenvalue weighted by Crippen LogP contribution is 2.18. The minimum Gasteiger partial charge on any atom is -0.388 e. The smallest absolute Gasteiger partial charge is 0.217 e. The summed E-state index contributed by atoms with van der Waals surface area (Å²) in [5.74, 6) is -0.217. The molecular weight excluding hydrogens is 174 g/mol. The zero-order valence-corrected chi connectivity index (χ0v) is 7.73. The van der Waals surface area contributed by atoms with Crippen molar-refractivity contribution < 1.29 is 19.7 Å². The number of carbonyl (C=O) groups excluding carboxylic acids is 1. The Bertz CT molecular complexity index is 197. The number of hydrogen-bond acceptors (Lipinski definition) is 4. The highest BCUT2D eigenvalue weighted by molar-refractivity contribution is 5.73. The van der Waals surface area contributed by atoms with Crippen molar-refractivity contribution in [2.45, 2.75) is 44.8 Å². The minimum absolute atomic E-state index is 0.217. The first-order valence-corrected chi connectivity index (χ1v) is 4.29. The molecule has 0 saturated carbocycles. The van der Waals surface area contributed by atoms with E-state index < -0.39 is 24.5 Å². The molecule has 0 radical (unpaired) electrons. The Morgan fingerprint density at radius 1 is 1.54 bits per heavy atom. The summed E-state index contributed by atoms with van der Waals surface area (Å²) in [6.45, 7) is 3.03. The van der Waals surface area contributed by atoms with E-state index in [9.17, 15) is 15.0 Å². The van der Waals surface area contributed by atoms with Gasteiger partial charge in [0.15, 0.2) is 6.29 Å². The zero-order valence-electron chi connectivity index (χ0n) is 7.73. The van der Waals surface area contributed by atoms with E-state index in [1.54, 1.807) is 6.92 Å². The number of rotatable bonds is 1. The van der Waals surface area contributed by atoms with E-state index in [2.05, 4.69) is 5.32 Å². The predicted octanol–water partition coefficient (Wildman–Crippen LogP) is -1.02. The van der Waals surface area contributed by atoms with E-state index in [0.717, 1.165) is 0 Å². The van der Waals surface area contributed by atoms with Gasteiger partial charge in [-0.3, -0.25) is 4.79 Å². The van der Waals surface area contributed by atoms with Crippen LogP contribution in [0.25, 0.3) is 0 Å². The van der Waals surface area contributed by atoms with Crippen LogP contribution in [0.5, 0.6) is 0 Å². The van der Waals surface area contributed by atoms with Gasteiger partial charge in [0.1, 0.15) is 6.10 Å². The van der Waals surface area contributed by atoms with Crippen LogP contribution in [0.4, 0.5) is 0 Å². The molecule has 5 heteroatoms. The third-order valence-electron chi connectivity index (χ3n) is 2.11. The lowest BCUT2D eigenvalue weighted by atomic mass is 10.00. The number of hydrogen-bond donors (Lipinski definition) is 3. The maximum atomic E-state index is 10.7. The predicted molar refractivity (Wildman–Crippen MR) is 44.8 cm³/mol. The molecule has 1 unspecified atom stereocenters. The van der Waals surface area contributed by atoms with E-state index in [1.165, 1.54) is 6.92 Å². The van der Waals surface area contributed by atoms with Gasteiger partial charge in [0, 0.05) is 13.3 Å². The largest absolute Gasteiger partial charge is 0.388 e. The van der Waals surface area contributed by atoms with E-state index in [1.807, 2.05) is 0 Å². The molecule has 13 heavy (non-hydrogen) atoms. The maximum absolute atomic E-state index is 10.7. The van der Waals surface area contributed by atoms with Crippen molar-refractivity contribution in [2.24, 2.45) is 0 Å². The minimum atomic E-state index is -0.907. The number of aliphatic hydroxyl groups excluding tert-OH is 2. The fraction of sp³-hybridized carbons (Fsp3) is 0.875. The van der Waals surface area contributed by atoms with Crippen LogP contribution in [0.1, 0.15) is 20.3 Å². The number of nitrogens with one attached hydrogen (secondary N) is 1. The molecule has 0 aromatic carbocycles. The molecule has 1 fully saturated rings. The maximum Gasteiger partial charge on any atom is 0.217 e. The van der Waals surface area contributed by atoms with E-state index >= 15 is 0 Å². The van der Waals surface area contributed by atoms with Crippen molar-refractivity contribution in [2.75, 3.05) is 0 Å². The van der Waals surface area contributed by atoms with Crippen molar-refractivity contribution in [3.05, 3.63) is 0 Å². The molecule has 0 bridgehead atoms. The standard InChI is InChI=1S/C8H15NO4/c1-4-8(12)6(9-5(2)10)3-7(11)13-4/h4,6-8,11-12H,3H2,1-2H3,(H,9,10)/t4-,6+,7?,8-/m1/s1. The molecule has 76 valence electrons. The quantitative estimate of drug-likeness (QED) is 0.493. The Kier molecular flexibility index (Phi) is 3.24. The highest BCUT2D eigenvalue weighted by atomic mass is 16.6.